The molecule has 0 atom stereocenters. The molecule has 2 aliphatic rings. The molecule has 0 aromatic carbocycles. The Hall–Kier alpha value is -1.62. The van der Waals surface area contributed by atoms with E-state index in [1.54, 1.807) is 4.90 Å². The number of anilines is 1. The summed E-state index contributed by atoms with van der Waals surface area (Å²) in [6.07, 6.45) is 3.18. The maximum atomic E-state index is 12.1. The molecule has 1 amide bonds. The zero-order chi connectivity index (χ0) is 14.2. The fraction of sp³-hybridized carbons (Fsp3) is 0.600. The monoisotopic (exact) mass is 276 g/mol. The van der Waals surface area contributed by atoms with Gasteiger partial charge in [0, 0.05) is 12.3 Å². The predicted molar refractivity (Wildman–Crippen MR) is 74.6 cm³/mol. The molecular weight excluding hydrogens is 256 g/mol. The van der Waals surface area contributed by atoms with E-state index < -0.39 is 0 Å². The second kappa shape index (κ2) is 5.05. The van der Waals surface area contributed by atoms with Gasteiger partial charge in [0.2, 0.25) is 0 Å². The summed E-state index contributed by atoms with van der Waals surface area (Å²) in [6.45, 7) is 2.71. The van der Waals surface area contributed by atoms with Crippen molar-refractivity contribution in [1.29, 1.82) is 0 Å². The Balaban J connectivity index is 1.76. The fourth-order valence-corrected chi connectivity index (χ4v) is 3.13. The van der Waals surface area contributed by atoms with Gasteiger partial charge in [0.05, 0.1) is 6.54 Å². The summed E-state index contributed by atoms with van der Waals surface area (Å²) in [6, 6.07) is 5.65. The number of ether oxygens (including phenoxy) is 1. The standard InChI is InChI=1S/C15H20N2O3/c1-11-3-2-4-13(16-11)17-10-15(20-14(17)19)7-5-12(9-18)6-8-15/h2-4,12,18H,5-10H2,1H3. The van der Waals surface area contributed by atoms with Gasteiger partial charge in [-0.25, -0.2) is 9.78 Å². The average Bonchev–Trinajstić information content (AvgIpc) is 2.77. The van der Waals surface area contributed by atoms with Crippen LogP contribution in [0.2, 0.25) is 0 Å². The van der Waals surface area contributed by atoms with Crippen LogP contribution in [0.5, 0.6) is 0 Å². The number of pyridine rings is 1. The van der Waals surface area contributed by atoms with Crippen LogP contribution in [0.25, 0.3) is 0 Å². The SMILES string of the molecule is Cc1cccc(N2CC3(CCC(CO)CC3)OC2=O)n1. The van der Waals surface area contributed by atoms with Gasteiger partial charge in [-0.2, -0.15) is 0 Å². The van der Waals surface area contributed by atoms with E-state index in [0.29, 0.717) is 18.3 Å². The lowest BCUT2D eigenvalue weighted by molar-refractivity contribution is 0.00557. The molecule has 3 rings (SSSR count). The van der Waals surface area contributed by atoms with Gasteiger partial charge >= 0.3 is 6.09 Å². The number of aliphatic hydroxyl groups excluding tert-OH is 1. The molecule has 1 spiro atoms. The summed E-state index contributed by atoms with van der Waals surface area (Å²) in [5.74, 6) is 1.02. The quantitative estimate of drug-likeness (QED) is 0.900. The summed E-state index contributed by atoms with van der Waals surface area (Å²) in [4.78, 5) is 18.2. The minimum Gasteiger partial charge on any atom is -0.441 e. The molecule has 20 heavy (non-hydrogen) atoms. The maximum Gasteiger partial charge on any atom is 0.416 e. The minimum atomic E-state index is -0.381. The lowest BCUT2D eigenvalue weighted by atomic mass is 9.79. The van der Waals surface area contributed by atoms with Crippen molar-refractivity contribution in [3.8, 4) is 0 Å². The first-order valence-corrected chi connectivity index (χ1v) is 7.17. The predicted octanol–water partition coefficient (Wildman–Crippen LogP) is 2.27. The second-order valence-electron chi connectivity index (χ2n) is 5.90. The lowest BCUT2D eigenvalue weighted by Crippen LogP contribution is -2.39. The van der Waals surface area contributed by atoms with Gasteiger partial charge in [-0.1, -0.05) is 6.07 Å². The van der Waals surface area contributed by atoms with Crippen LogP contribution in [0.1, 0.15) is 31.4 Å². The number of amides is 1. The third-order valence-electron chi connectivity index (χ3n) is 4.40. The van der Waals surface area contributed by atoms with E-state index in [9.17, 15) is 9.90 Å². The number of hydrogen-bond acceptors (Lipinski definition) is 4. The van der Waals surface area contributed by atoms with Crippen LogP contribution < -0.4 is 4.90 Å². The highest BCUT2D eigenvalue weighted by Crippen LogP contribution is 2.40. The zero-order valence-corrected chi connectivity index (χ0v) is 11.7. The molecule has 1 saturated carbocycles. The molecule has 1 N–H and O–H groups in total. The zero-order valence-electron chi connectivity index (χ0n) is 11.7. The van der Waals surface area contributed by atoms with Crippen LogP contribution in [0.3, 0.4) is 0 Å². The molecule has 0 bridgehead atoms. The Bertz CT molecular complexity index is 510. The molecule has 0 unspecified atom stereocenters. The topological polar surface area (TPSA) is 62.7 Å². The van der Waals surface area contributed by atoms with E-state index in [1.165, 1.54) is 0 Å². The molecule has 2 fully saturated rings. The number of nitrogens with zero attached hydrogens (tertiary/aromatic N) is 2. The van der Waals surface area contributed by atoms with Crippen molar-refractivity contribution < 1.29 is 14.6 Å². The molecule has 108 valence electrons. The van der Waals surface area contributed by atoms with Crippen LogP contribution in [-0.4, -0.2) is 34.9 Å². The summed E-state index contributed by atoms with van der Waals surface area (Å²) in [7, 11) is 0. The molecular formula is C15H20N2O3. The highest BCUT2D eigenvalue weighted by Gasteiger charge is 2.47. The van der Waals surface area contributed by atoms with Gasteiger partial charge in [0.25, 0.3) is 0 Å². The third-order valence-corrected chi connectivity index (χ3v) is 4.40. The molecule has 1 aromatic heterocycles. The van der Waals surface area contributed by atoms with Crippen LogP contribution in [0.4, 0.5) is 10.6 Å². The summed E-state index contributed by atoms with van der Waals surface area (Å²) in [5, 5.41) is 9.21. The largest absolute Gasteiger partial charge is 0.441 e. The summed E-state index contributed by atoms with van der Waals surface area (Å²) in [5.41, 5.74) is 0.508. The number of aliphatic hydroxyl groups is 1. The number of aromatic nitrogens is 1. The van der Waals surface area contributed by atoms with Crippen molar-refractivity contribution in [2.24, 2.45) is 5.92 Å². The number of carbonyl (C=O) groups is 1. The van der Waals surface area contributed by atoms with Gasteiger partial charge in [-0.15, -0.1) is 0 Å². The van der Waals surface area contributed by atoms with Gasteiger partial charge in [0.15, 0.2) is 0 Å². The van der Waals surface area contributed by atoms with Crippen molar-refractivity contribution in [1.82, 2.24) is 4.98 Å². The van der Waals surface area contributed by atoms with E-state index in [1.807, 2.05) is 25.1 Å². The van der Waals surface area contributed by atoms with Crippen molar-refractivity contribution in [3.05, 3.63) is 23.9 Å². The van der Waals surface area contributed by atoms with E-state index >= 15 is 0 Å². The first-order valence-electron chi connectivity index (χ1n) is 7.17. The highest BCUT2D eigenvalue weighted by molar-refractivity contribution is 5.89. The molecule has 0 radical (unpaired) electrons. The number of aryl methyl sites for hydroxylation is 1. The first-order chi connectivity index (χ1) is 9.62. The molecule has 5 nitrogen and oxygen atoms in total. The summed E-state index contributed by atoms with van der Waals surface area (Å²) < 4.78 is 5.65. The molecule has 2 heterocycles. The first kappa shape index (κ1) is 13.4. The van der Waals surface area contributed by atoms with Crippen LogP contribution in [0.15, 0.2) is 18.2 Å². The Morgan fingerprint density at radius 1 is 1.45 bits per heavy atom. The van der Waals surface area contributed by atoms with E-state index in [4.69, 9.17) is 4.74 Å². The molecule has 1 aliphatic carbocycles. The van der Waals surface area contributed by atoms with Crippen LogP contribution >= 0.6 is 0 Å². The van der Waals surface area contributed by atoms with Crippen molar-refractivity contribution in [2.45, 2.75) is 38.2 Å². The van der Waals surface area contributed by atoms with Crippen LogP contribution in [-0.2, 0) is 4.74 Å². The number of carbonyl (C=O) groups excluding carboxylic acids is 1. The maximum absolute atomic E-state index is 12.1. The average molecular weight is 276 g/mol. The fourth-order valence-electron chi connectivity index (χ4n) is 3.13. The molecule has 1 aliphatic heterocycles. The summed E-state index contributed by atoms with van der Waals surface area (Å²) >= 11 is 0. The normalized spacial score (nSPS) is 29.8. The Morgan fingerprint density at radius 2 is 2.20 bits per heavy atom. The molecule has 5 heteroatoms. The van der Waals surface area contributed by atoms with Crippen LogP contribution in [0, 0.1) is 12.8 Å². The van der Waals surface area contributed by atoms with Gasteiger partial charge < -0.3 is 9.84 Å². The smallest absolute Gasteiger partial charge is 0.416 e. The van der Waals surface area contributed by atoms with E-state index in [2.05, 4.69) is 4.98 Å². The van der Waals surface area contributed by atoms with Crippen molar-refractivity contribution in [3.63, 3.8) is 0 Å². The Morgan fingerprint density at radius 3 is 2.85 bits per heavy atom. The van der Waals surface area contributed by atoms with Gasteiger partial charge in [0.1, 0.15) is 11.4 Å². The van der Waals surface area contributed by atoms with Gasteiger partial charge in [-0.05, 0) is 50.7 Å². The number of hydrogen-bond donors (Lipinski definition) is 1. The Labute approximate surface area is 118 Å². The molecule has 1 aromatic rings. The van der Waals surface area contributed by atoms with Crippen molar-refractivity contribution >= 4 is 11.9 Å². The van der Waals surface area contributed by atoms with E-state index in [0.717, 1.165) is 31.4 Å². The highest BCUT2D eigenvalue weighted by atomic mass is 16.6. The third kappa shape index (κ3) is 2.38. The lowest BCUT2D eigenvalue weighted by Gasteiger charge is -2.34. The van der Waals surface area contributed by atoms with E-state index in [-0.39, 0.29) is 18.3 Å². The molecule has 1 saturated heterocycles. The second-order valence-corrected chi connectivity index (χ2v) is 5.90. The number of rotatable bonds is 2. The Kier molecular flexibility index (Phi) is 3.38. The minimum absolute atomic E-state index is 0.229. The van der Waals surface area contributed by atoms with Gasteiger partial charge in [-0.3, -0.25) is 4.90 Å². The van der Waals surface area contributed by atoms with Crippen molar-refractivity contribution in [2.75, 3.05) is 18.1 Å².